The van der Waals surface area contributed by atoms with Crippen molar-refractivity contribution in [2.45, 2.75) is 6.92 Å². The lowest BCUT2D eigenvalue weighted by Gasteiger charge is -2.03. The lowest BCUT2D eigenvalue weighted by atomic mass is 10.1. The number of fused-ring (bicyclic) bond motifs is 1. The predicted molar refractivity (Wildman–Crippen MR) is 81.9 cm³/mol. The Morgan fingerprint density at radius 2 is 2.00 bits per heavy atom. The zero-order chi connectivity index (χ0) is 14.3. The van der Waals surface area contributed by atoms with Gasteiger partial charge in [-0.1, -0.05) is 0 Å². The number of nitrogens with zero attached hydrogens (tertiary/aromatic N) is 2. The van der Waals surface area contributed by atoms with Crippen molar-refractivity contribution in [3.8, 4) is 17.0 Å². The molecule has 4 nitrogen and oxygen atoms in total. The molecule has 0 unspecified atom stereocenters. The van der Waals surface area contributed by atoms with E-state index in [0.717, 1.165) is 27.9 Å². The smallest absolute Gasteiger partial charge is 0.119 e. The average Bonchev–Trinajstić information content (AvgIpc) is 2.72. The molecule has 2 aromatic heterocycles. The van der Waals surface area contributed by atoms with Crippen LogP contribution in [0.5, 0.6) is 5.75 Å². The normalized spacial score (nSPS) is 10.9. The number of hydrogen-bond donors (Lipinski definition) is 1. The highest BCUT2D eigenvalue weighted by Crippen LogP contribution is 2.35. The summed E-state index contributed by atoms with van der Waals surface area (Å²) in [6, 6.07) is 9.93. The van der Waals surface area contributed by atoms with Gasteiger partial charge in [-0.2, -0.15) is 0 Å². The third-order valence-electron chi connectivity index (χ3n) is 3.74. The Balaban J connectivity index is 2.33. The zero-order valence-electron chi connectivity index (χ0n) is 11.8. The first-order chi connectivity index (χ1) is 9.61. The maximum atomic E-state index is 5.72. The molecule has 20 heavy (non-hydrogen) atoms. The maximum Gasteiger partial charge on any atom is 0.119 e. The summed E-state index contributed by atoms with van der Waals surface area (Å²) in [6.07, 6.45) is 1.69. The number of hydrogen-bond acceptors (Lipinski definition) is 3. The fourth-order valence-corrected chi connectivity index (χ4v) is 2.55. The van der Waals surface area contributed by atoms with Crippen LogP contribution in [0.1, 0.15) is 5.69 Å². The minimum atomic E-state index is 0.671. The molecule has 0 saturated carbocycles. The summed E-state index contributed by atoms with van der Waals surface area (Å²) >= 11 is 0. The first-order valence-corrected chi connectivity index (χ1v) is 6.46. The lowest BCUT2D eigenvalue weighted by Crippen LogP contribution is -1.92. The fourth-order valence-electron chi connectivity index (χ4n) is 2.55. The van der Waals surface area contributed by atoms with Gasteiger partial charge in [-0.15, -0.1) is 0 Å². The van der Waals surface area contributed by atoms with Crippen molar-refractivity contribution >= 4 is 16.6 Å². The standard InChI is InChI=1S/C16H17N3O/c1-10-16(14-6-4-11(17)9-18-14)13-8-12(20-3)5-7-15(13)19(10)2/h4-9H,17H2,1-3H3. The van der Waals surface area contributed by atoms with Crippen molar-refractivity contribution in [2.24, 2.45) is 7.05 Å². The molecule has 0 aliphatic rings. The highest BCUT2D eigenvalue weighted by atomic mass is 16.5. The third-order valence-corrected chi connectivity index (χ3v) is 3.74. The molecular formula is C16H17N3O. The number of aryl methyl sites for hydroxylation is 1. The molecule has 0 amide bonds. The van der Waals surface area contributed by atoms with Gasteiger partial charge in [-0.25, -0.2) is 0 Å². The molecule has 2 heterocycles. The van der Waals surface area contributed by atoms with Crippen LogP contribution in [0.3, 0.4) is 0 Å². The fraction of sp³-hybridized carbons (Fsp3) is 0.188. The highest BCUT2D eigenvalue weighted by molar-refractivity contribution is 5.98. The van der Waals surface area contributed by atoms with Crippen LogP contribution in [0.2, 0.25) is 0 Å². The Morgan fingerprint density at radius 3 is 2.65 bits per heavy atom. The summed E-state index contributed by atoms with van der Waals surface area (Å²) in [5.41, 5.74) is 10.8. The molecule has 0 aliphatic heterocycles. The van der Waals surface area contributed by atoms with Crippen LogP contribution < -0.4 is 10.5 Å². The number of rotatable bonds is 2. The van der Waals surface area contributed by atoms with E-state index in [2.05, 4.69) is 35.7 Å². The van der Waals surface area contributed by atoms with Gasteiger partial charge in [0.2, 0.25) is 0 Å². The van der Waals surface area contributed by atoms with E-state index >= 15 is 0 Å². The van der Waals surface area contributed by atoms with E-state index in [1.165, 1.54) is 5.69 Å². The van der Waals surface area contributed by atoms with Gasteiger partial charge in [0, 0.05) is 29.2 Å². The number of methoxy groups -OCH3 is 1. The van der Waals surface area contributed by atoms with E-state index in [1.807, 2.05) is 18.2 Å². The Bertz CT molecular complexity index is 773. The third kappa shape index (κ3) is 1.81. The van der Waals surface area contributed by atoms with Crippen molar-refractivity contribution in [3.05, 3.63) is 42.2 Å². The number of ether oxygens (including phenoxy) is 1. The number of nitrogen functional groups attached to an aromatic ring is 1. The Morgan fingerprint density at radius 1 is 1.20 bits per heavy atom. The van der Waals surface area contributed by atoms with Gasteiger partial charge >= 0.3 is 0 Å². The summed E-state index contributed by atoms with van der Waals surface area (Å²) in [4.78, 5) is 4.45. The van der Waals surface area contributed by atoms with E-state index in [4.69, 9.17) is 10.5 Å². The van der Waals surface area contributed by atoms with Gasteiger partial charge in [0.05, 0.1) is 24.7 Å². The van der Waals surface area contributed by atoms with E-state index in [9.17, 15) is 0 Å². The minimum Gasteiger partial charge on any atom is -0.497 e. The molecule has 3 aromatic rings. The van der Waals surface area contributed by atoms with Gasteiger partial charge in [0.15, 0.2) is 0 Å². The summed E-state index contributed by atoms with van der Waals surface area (Å²) < 4.78 is 7.50. The van der Waals surface area contributed by atoms with Crippen molar-refractivity contribution < 1.29 is 4.74 Å². The molecule has 3 rings (SSSR count). The molecule has 0 atom stereocenters. The Kier molecular flexibility index (Phi) is 2.86. The van der Waals surface area contributed by atoms with Crippen LogP contribution in [0.25, 0.3) is 22.2 Å². The molecule has 0 bridgehead atoms. The molecule has 1 aromatic carbocycles. The molecule has 4 heteroatoms. The van der Waals surface area contributed by atoms with Gasteiger partial charge in [-0.3, -0.25) is 4.98 Å². The molecule has 0 saturated heterocycles. The maximum absolute atomic E-state index is 5.72. The molecular weight excluding hydrogens is 250 g/mol. The van der Waals surface area contributed by atoms with E-state index in [1.54, 1.807) is 13.3 Å². The van der Waals surface area contributed by atoms with Crippen molar-refractivity contribution in [2.75, 3.05) is 12.8 Å². The monoisotopic (exact) mass is 267 g/mol. The second kappa shape index (κ2) is 4.56. The zero-order valence-corrected chi connectivity index (χ0v) is 11.8. The van der Waals surface area contributed by atoms with E-state index in [-0.39, 0.29) is 0 Å². The molecule has 2 N–H and O–H groups in total. The number of nitrogens with two attached hydrogens (primary N) is 1. The number of anilines is 1. The SMILES string of the molecule is COc1ccc2c(c1)c(-c1ccc(N)cn1)c(C)n2C. The lowest BCUT2D eigenvalue weighted by molar-refractivity contribution is 0.415. The van der Waals surface area contributed by atoms with Gasteiger partial charge < -0.3 is 15.0 Å². The first-order valence-electron chi connectivity index (χ1n) is 6.46. The first kappa shape index (κ1) is 12.5. The van der Waals surface area contributed by atoms with Crippen LogP contribution in [0, 0.1) is 6.92 Å². The summed E-state index contributed by atoms with van der Waals surface area (Å²) in [5, 5.41) is 1.14. The summed E-state index contributed by atoms with van der Waals surface area (Å²) in [6.45, 7) is 2.10. The minimum absolute atomic E-state index is 0.671. The number of benzene rings is 1. The van der Waals surface area contributed by atoms with Crippen molar-refractivity contribution in [1.29, 1.82) is 0 Å². The number of aromatic nitrogens is 2. The summed E-state index contributed by atoms with van der Waals surface area (Å²) in [5.74, 6) is 0.847. The topological polar surface area (TPSA) is 53.1 Å². The molecule has 0 fully saturated rings. The molecule has 0 spiro atoms. The second-order valence-corrected chi connectivity index (χ2v) is 4.88. The van der Waals surface area contributed by atoms with Gasteiger partial charge in [0.1, 0.15) is 5.75 Å². The molecule has 0 aliphatic carbocycles. The van der Waals surface area contributed by atoms with Crippen LogP contribution in [-0.2, 0) is 7.05 Å². The van der Waals surface area contributed by atoms with Gasteiger partial charge in [-0.05, 0) is 37.3 Å². The Labute approximate surface area is 117 Å². The van der Waals surface area contributed by atoms with Crippen molar-refractivity contribution in [3.63, 3.8) is 0 Å². The van der Waals surface area contributed by atoms with E-state index < -0.39 is 0 Å². The predicted octanol–water partition coefficient (Wildman–Crippen LogP) is 3.14. The van der Waals surface area contributed by atoms with Crippen molar-refractivity contribution in [1.82, 2.24) is 9.55 Å². The largest absolute Gasteiger partial charge is 0.497 e. The number of pyridine rings is 1. The van der Waals surface area contributed by atoms with E-state index in [0.29, 0.717) is 5.69 Å². The van der Waals surface area contributed by atoms with Crippen LogP contribution in [0.15, 0.2) is 36.5 Å². The second-order valence-electron chi connectivity index (χ2n) is 4.88. The molecule has 102 valence electrons. The quantitative estimate of drug-likeness (QED) is 0.776. The van der Waals surface area contributed by atoms with Gasteiger partial charge in [0.25, 0.3) is 0 Å². The molecule has 0 radical (unpaired) electrons. The highest BCUT2D eigenvalue weighted by Gasteiger charge is 2.15. The van der Waals surface area contributed by atoms with Crippen LogP contribution in [0.4, 0.5) is 5.69 Å². The summed E-state index contributed by atoms with van der Waals surface area (Å²) in [7, 11) is 3.74. The average molecular weight is 267 g/mol. The Hall–Kier alpha value is -2.49. The van der Waals surface area contributed by atoms with Crippen LogP contribution in [-0.4, -0.2) is 16.7 Å². The van der Waals surface area contributed by atoms with Crippen LogP contribution >= 0.6 is 0 Å².